The average molecular weight is 463 g/mol. The van der Waals surface area contributed by atoms with Crippen molar-refractivity contribution in [2.45, 2.75) is 82.5 Å². The van der Waals surface area contributed by atoms with Gasteiger partial charge in [0.05, 0.1) is 6.07 Å². The fraction of sp³-hybridized carbons (Fsp3) is 0.593. The summed E-state index contributed by atoms with van der Waals surface area (Å²) in [4.78, 5) is 27.1. The van der Waals surface area contributed by atoms with Gasteiger partial charge in [0.2, 0.25) is 5.91 Å². The smallest absolute Gasteiger partial charge is 0.255 e. The molecule has 4 aliphatic rings. The largest absolute Gasteiger partial charge is 0.489 e. The number of piperidine rings is 1. The molecule has 0 aromatic heterocycles. The highest BCUT2D eigenvalue weighted by molar-refractivity contribution is 6.01. The van der Waals surface area contributed by atoms with Crippen molar-refractivity contribution >= 4 is 11.8 Å². The molecule has 1 saturated heterocycles. The lowest BCUT2D eigenvalue weighted by atomic mass is 9.82. The van der Waals surface area contributed by atoms with Gasteiger partial charge in [0.25, 0.3) is 5.91 Å². The molecular weight excluding hydrogens is 428 g/mol. The van der Waals surface area contributed by atoms with E-state index in [1.807, 2.05) is 18.2 Å². The van der Waals surface area contributed by atoms with Gasteiger partial charge in [-0.15, -0.1) is 0 Å². The maximum absolute atomic E-state index is 13.0. The summed E-state index contributed by atoms with van der Waals surface area (Å²) in [7, 11) is 0. The number of carbonyl (C=O) groups is 2. The molecule has 180 valence electrons. The quantitative estimate of drug-likeness (QED) is 0.673. The first-order valence-electron chi connectivity index (χ1n) is 12.7. The molecule has 2 N–H and O–H groups in total. The van der Waals surface area contributed by atoms with Gasteiger partial charge in [0.1, 0.15) is 17.9 Å². The second-order valence-electron chi connectivity index (χ2n) is 10.3. The molecular formula is C27H34N4O3. The van der Waals surface area contributed by atoms with Crippen LogP contribution in [0, 0.1) is 23.2 Å². The summed E-state index contributed by atoms with van der Waals surface area (Å²) >= 11 is 0. The van der Waals surface area contributed by atoms with Gasteiger partial charge in [-0.1, -0.05) is 6.58 Å². The summed E-state index contributed by atoms with van der Waals surface area (Å²) < 4.78 is 6.41. The van der Waals surface area contributed by atoms with Gasteiger partial charge < -0.3 is 20.3 Å². The van der Waals surface area contributed by atoms with Gasteiger partial charge in [-0.3, -0.25) is 9.59 Å². The third kappa shape index (κ3) is 4.69. The molecule has 7 nitrogen and oxygen atoms in total. The molecule has 0 bridgehead atoms. The predicted molar refractivity (Wildman–Crippen MR) is 128 cm³/mol. The topological polar surface area (TPSA) is 94.5 Å². The van der Waals surface area contributed by atoms with Crippen molar-refractivity contribution in [1.29, 1.82) is 5.26 Å². The molecule has 1 aromatic rings. The first kappa shape index (κ1) is 22.9. The molecule has 5 rings (SSSR count). The lowest BCUT2D eigenvalue weighted by Gasteiger charge is -2.30. The van der Waals surface area contributed by atoms with Gasteiger partial charge in [-0.2, -0.15) is 5.26 Å². The Kier molecular flexibility index (Phi) is 6.60. The minimum Gasteiger partial charge on any atom is -0.489 e. The van der Waals surface area contributed by atoms with Gasteiger partial charge in [0.15, 0.2) is 0 Å². The highest BCUT2D eigenvalue weighted by Crippen LogP contribution is 2.33. The zero-order chi connectivity index (χ0) is 23.7. The molecule has 2 aliphatic carbocycles. The van der Waals surface area contributed by atoms with Crippen LogP contribution in [0.25, 0.3) is 0 Å². The number of carbonyl (C=O) groups excluding carboxylic acids is 2. The van der Waals surface area contributed by atoms with Crippen LogP contribution in [-0.4, -0.2) is 41.4 Å². The second kappa shape index (κ2) is 9.79. The Morgan fingerprint density at radius 2 is 1.97 bits per heavy atom. The van der Waals surface area contributed by atoms with Crippen molar-refractivity contribution in [1.82, 2.24) is 15.5 Å². The normalized spacial score (nSPS) is 31.2. The van der Waals surface area contributed by atoms with Crippen LogP contribution < -0.4 is 15.4 Å². The first-order chi connectivity index (χ1) is 16.5. The van der Waals surface area contributed by atoms with Crippen molar-refractivity contribution in [3.05, 3.63) is 41.6 Å². The number of nitrogens with one attached hydrogen (secondary N) is 2. The molecule has 0 spiro atoms. The molecule has 3 fully saturated rings. The van der Waals surface area contributed by atoms with Crippen LogP contribution in [0.15, 0.2) is 30.5 Å². The summed E-state index contributed by atoms with van der Waals surface area (Å²) in [5.41, 5.74) is 2.31. The highest BCUT2D eigenvalue weighted by Gasteiger charge is 2.38. The third-order valence-corrected chi connectivity index (χ3v) is 8.05. The van der Waals surface area contributed by atoms with E-state index in [1.54, 1.807) is 4.90 Å². The number of hydrogen-bond donors (Lipinski definition) is 2. The number of benzene rings is 1. The Morgan fingerprint density at radius 1 is 1.15 bits per heavy atom. The Labute approximate surface area is 201 Å². The van der Waals surface area contributed by atoms with Crippen LogP contribution >= 0.6 is 0 Å². The minimum atomic E-state index is -0.443. The minimum absolute atomic E-state index is 0.0826. The van der Waals surface area contributed by atoms with Crippen molar-refractivity contribution in [3.63, 3.8) is 0 Å². The van der Waals surface area contributed by atoms with Crippen molar-refractivity contribution in [3.8, 4) is 11.8 Å². The number of rotatable bonds is 6. The number of allylic oxidation sites excluding steroid dienone is 1. The van der Waals surface area contributed by atoms with Crippen molar-refractivity contribution < 1.29 is 14.3 Å². The molecule has 2 amide bonds. The van der Waals surface area contributed by atoms with Crippen LogP contribution in [0.1, 0.15) is 73.7 Å². The number of hydrogen-bond acceptors (Lipinski definition) is 5. The molecule has 7 heteroatoms. The van der Waals surface area contributed by atoms with Crippen LogP contribution in [0.5, 0.6) is 5.75 Å². The third-order valence-electron chi connectivity index (χ3n) is 8.05. The van der Waals surface area contributed by atoms with Crippen molar-refractivity contribution in [2.24, 2.45) is 11.8 Å². The van der Waals surface area contributed by atoms with Crippen LogP contribution in [0.3, 0.4) is 0 Å². The number of ether oxygens (including phenoxy) is 1. The standard InChI is InChI=1S/C27H34N4O3/c1-17-5-12-24(26(32)30-17)31-16-20-13-21(10-11-22(20)27(31)33)34-25-4-2-3-23(25)29-15-19-8-6-18(14-28)7-9-19/h10-11,13,18-19,23-25,29H,1-9,12,15-16H2,(H,30,32)/t18?,19?,23-,24?,25-/m1/s1. The van der Waals surface area contributed by atoms with E-state index in [2.05, 4.69) is 23.3 Å². The van der Waals surface area contributed by atoms with Gasteiger partial charge in [-0.25, -0.2) is 0 Å². The molecule has 2 aliphatic heterocycles. The van der Waals surface area contributed by atoms with E-state index in [0.717, 1.165) is 68.5 Å². The fourth-order valence-corrected chi connectivity index (χ4v) is 5.99. The Bertz CT molecular complexity index is 1010. The van der Waals surface area contributed by atoms with E-state index in [0.29, 0.717) is 36.9 Å². The summed E-state index contributed by atoms with van der Waals surface area (Å²) in [6, 6.07) is 8.02. The van der Waals surface area contributed by atoms with Gasteiger partial charge >= 0.3 is 0 Å². The van der Waals surface area contributed by atoms with E-state index in [-0.39, 0.29) is 23.8 Å². The lowest BCUT2D eigenvalue weighted by molar-refractivity contribution is -0.126. The molecule has 1 aromatic carbocycles. The van der Waals surface area contributed by atoms with E-state index in [4.69, 9.17) is 10.00 Å². The van der Waals surface area contributed by atoms with E-state index in [9.17, 15) is 9.59 Å². The molecule has 0 radical (unpaired) electrons. The second-order valence-corrected chi connectivity index (χ2v) is 10.3. The Hall–Kier alpha value is -2.85. The Morgan fingerprint density at radius 3 is 2.74 bits per heavy atom. The number of fused-ring (bicyclic) bond motifs is 1. The average Bonchev–Trinajstić information content (AvgIpc) is 3.41. The zero-order valence-electron chi connectivity index (χ0n) is 19.7. The van der Waals surface area contributed by atoms with Gasteiger partial charge in [-0.05, 0) is 94.0 Å². The maximum atomic E-state index is 13.0. The SMILES string of the molecule is C=C1CCC(N2Cc3cc(O[C@@H]4CCC[C@H]4NCC4CCC(C#N)CC4)ccc3C2=O)C(=O)N1. The van der Waals surface area contributed by atoms with Crippen LogP contribution in [-0.2, 0) is 11.3 Å². The fourth-order valence-electron chi connectivity index (χ4n) is 5.99. The summed E-state index contributed by atoms with van der Waals surface area (Å²) in [6.07, 6.45) is 9.01. The van der Waals surface area contributed by atoms with E-state index < -0.39 is 6.04 Å². The zero-order valence-corrected chi connectivity index (χ0v) is 19.7. The summed E-state index contributed by atoms with van der Waals surface area (Å²) in [5, 5.41) is 15.6. The maximum Gasteiger partial charge on any atom is 0.255 e. The van der Waals surface area contributed by atoms with Crippen LogP contribution in [0.4, 0.5) is 0 Å². The molecule has 2 heterocycles. The monoisotopic (exact) mass is 462 g/mol. The summed E-state index contributed by atoms with van der Waals surface area (Å²) in [5.74, 6) is 1.46. The van der Waals surface area contributed by atoms with Crippen LogP contribution in [0.2, 0.25) is 0 Å². The molecule has 3 atom stereocenters. The summed E-state index contributed by atoms with van der Waals surface area (Å²) in [6.45, 7) is 5.26. The molecule has 1 unspecified atom stereocenters. The van der Waals surface area contributed by atoms with E-state index >= 15 is 0 Å². The highest BCUT2D eigenvalue weighted by atomic mass is 16.5. The van der Waals surface area contributed by atoms with Crippen molar-refractivity contribution in [2.75, 3.05) is 6.54 Å². The molecule has 34 heavy (non-hydrogen) atoms. The first-order valence-corrected chi connectivity index (χ1v) is 12.7. The lowest BCUT2D eigenvalue weighted by Crippen LogP contribution is -2.49. The number of amides is 2. The van der Waals surface area contributed by atoms with E-state index in [1.165, 1.54) is 0 Å². The predicted octanol–water partition coefficient (Wildman–Crippen LogP) is 3.65. The number of nitriles is 1. The molecule has 2 saturated carbocycles. The Balaban J connectivity index is 1.18. The number of nitrogens with zero attached hydrogens (tertiary/aromatic N) is 2. The van der Waals surface area contributed by atoms with Gasteiger partial charge in [0, 0.05) is 29.8 Å².